The summed E-state index contributed by atoms with van der Waals surface area (Å²) in [5, 5.41) is 8.76. The molecule has 21 heavy (non-hydrogen) atoms. The maximum absolute atomic E-state index is 10.6. The van der Waals surface area contributed by atoms with Crippen LogP contribution in [0.25, 0.3) is 0 Å². The minimum Gasteiger partial charge on any atom is -0.497 e. The molecule has 0 bridgehead atoms. The van der Waals surface area contributed by atoms with Crippen molar-refractivity contribution >= 4 is 5.97 Å². The number of nitrogens with zero attached hydrogens (tertiary/aromatic N) is 1. The minimum atomic E-state index is -0.729. The lowest BCUT2D eigenvalue weighted by Gasteiger charge is -2.26. The lowest BCUT2D eigenvalue weighted by Crippen LogP contribution is -2.25. The molecule has 1 aromatic carbocycles. The van der Waals surface area contributed by atoms with Crippen molar-refractivity contribution in [1.29, 1.82) is 0 Å². The molecule has 0 unspecified atom stereocenters. The summed E-state index contributed by atoms with van der Waals surface area (Å²) in [5.74, 6) is 0.892. The largest absolute Gasteiger partial charge is 0.497 e. The lowest BCUT2D eigenvalue weighted by atomic mass is 10.0. The van der Waals surface area contributed by atoms with Crippen LogP contribution in [0.3, 0.4) is 0 Å². The molecule has 1 fully saturated rings. The second-order valence-electron chi connectivity index (χ2n) is 5.30. The Hall–Kier alpha value is -1.75. The van der Waals surface area contributed by atoms with E-state index in [9.17, 15) is 4.79 Å². The first-order chi connectivity index (χ1) is 10.2. The van der Waals surface area contributed by atoms with Gasteiger partial charge in [-0.2, -0.15) is 0 Å². The van der Waals surface area contributed by atoms with Crippen LogP contribution < -0.4 is 9.47 Å². The first-order valence-corrected chi connectivity index (χ1v) is 7.33. The Bertz CT molecular complexity index is 489. The molecule has 116 valence electrons. The van der Waals surface area contributed by atoms with Gasteiger partial charge in [-0.1, -0.05) is 6.07 Å². The Morgan fingerprint density at radius 1 is 1.38 bits per heavy atom. The highest BCUT2D eigenvalue weighted by Crippen LogP contribution is 2.38. The van der Waals surface area contributed by atoms with Crippen molar-refractivity contribution in [1.82, 2.24) is 4.90 Å². The number of carboxylic acid groups (broad SMARTS) is 1. The van der Waals surface area contributed by atoms with Crippen molar-refractivity contribution in [2.45, 2.75) is 31.7 Å². The number of ether oxygens (including phenoxy) is 2. The first-order valence-electron chi connectivity index (χ1n) is 7.33. The Balaban J connectivity index is 2.10. The SMILES string of the molecule is COc1ccc([C@H]2CCCN2CCCC(=O)O)c(OC)c1. The number of carboxylic acids is 1. The summed E-state index contributed by atoms with van der Waals surface area (Å²) in [5.41, 5.74) is 1.16. The molecule has 2 rings (SSSR count). The van der Waals surface area contributed by atoms with Gasteiger partial charge >= 0.3 is 5.97 Å². The monoisotopic (exact) mass is 293 g/mol. The van der Waals surface area contributed by atoms with E-state index >= 15 is 0 Å². The normalized spacial score (nSPS) is 18.7. The summed E-state index contributed by atoms with van der Waals surface area (Å²) >= 11 is 0. The molecule has 1 aliphatic heterocycles. The average Bonchev–Trinajstić information content (AvgIpc) is 2.94. The quantitative estimate of drug-likeness (QED) is 0.837. The van der Waals surface area contributed by atoms with Crippen molar-refractivity contribution in [2.24, 2.45) is 0 Å². The van der Waals surface area contributed by atoms with Crippen LogP contribution in [0.4, 0.5) is 0 Å². The topological polar surface area (TPSA) is 59.0 Å². The van der Waals surface area contributed by atoms with Gasteiger partial charge in [0.15, 0.2) is 0 Å². The zero-order valence-corrected chi connectivity index (χ0v) is 12.7. The molecule has 1 saturated heterocycles. The summed E-state index contributed by atoms with van der Waals surface area (Å²) in [7, 11) is 3.31. The summed E-state index contributed by atoms with van der Waals surface area (Å²) in [4.78, 5) is 13.0. The third-order valence-corrected chi connectivity index (χ3v) is 4.00. The standard InChI is InChI=1S/C16H23NO4/c1-20-12-7-8-13(15(11-12)21-2)14-5-3-9-17(14)10-4-6-16(18)19/h7-8,11,14H,3-6,9-10H2,1-2H3,(H,18,19)/t14-/m1/s1. The summed E-state index contributed by atoms with van der Waals surface area (Å²) in [6.45, 7) is 1.83. The molecule has 5 nitrogen and oxygen atoms in total. The van der Waals surface area contributed by atoms with E-state index in [-0.39, 0.29) is 6.42 Å². The zero-order chi connectivity index (χ0) is 15.2. The van der Waals surface area contributed by atoms with Crippen molar-refractivity contribution in [3.05, 3.63) is 23.8 Å². The van der Waals surface area contributed by atoms with Crippen LogP contribution >= 0.6 is 0 Å². The van der Waals surface area contributed by atoms with Crippen molar-refractivity contribution in [3.8, 4) is 11.5 Å². The molecule has 0 aliphatic carbocycles. The van der Waals surface area contributed by atoms with Gasteiger partial charge in [0.25, 0.3) is 0 Å². The second-order valence-corrected chi connectivity index (χ2v) is 5.30. The number of likely N-dealkylation sites (tertiary alicyclic amines) is 1. The number of methoxy groups -OCH3 is 2. The Kier molecular flexibility index (Phi) is 5.44. The van der Waals surface area contributed by atoms with E-state index in [1.807, 2.05) is 12.1 Å². The fraction of sp³-hybridized carbons (Fsp3) is 0.562. The minimum absolute atomic E-state index is 0.225. The van der Waals surface area contributed by atoms with Crippen LogP contribution in [-0.2, 0) is 4.79 Å². The van der Waals surface area contributed by atoms with Gasteiger partial charge in [-0.15, -0.1) is 0 Å². The smallest absolute Gasteiger partial charge is 0.303 e. The molecule has 5 heteroatoms. The molecule has 0 amide bonds. The maximum atomic E-state index is 10.6. The molecule has 1 aliphatic rings. The molecule has 1 N–H and O–H groups in total. The third kappa shape index (κ3) is 3.88. The van der Waals surface area contributed by atoms with Crippen molar-refractivity contribution in [3.63, 3.8) is 0 Å². The van der Waals surface area contributed by atoms with Crippen molar-refractivity contribution < 1.29 is 19.4 Å². The number of hydrogen-bond acceptors (Lipinski definition) is 4. The van der Waals surface area contributed by atoms with Crippen LogP contribution in [0.1, 0.15) is 37.3 Å². The zero-order valence-electron chi connectivity index (χ0n) is 12.7. The van der Waals surface area contributed by atoms with E-state index in [0.717, 1.165) is 43.0 Å². The summed E-state index contributed by atoms with van der Waals surface area (Å²) < 4.78 is 10.7. The van der Waals surface area contributed by atoms with Gasteiger partial charge in [-0.3, -0.25) is 9.69 Å². The molecule has 0 saturated carbocycles. The number of aliphatic carboxylic acids is 1. The van der Waals surface area contributed by atoms with Crippen LogP contribution in [-0.4, -0.2) is 43.3 Å². The first kappa shape index (κ1) is 15.6. The Morgan fingerprint density at radius 2 is 2.19 bits per heavy atom. The van der Waals surface area contributed by atoms with E-state index in [0.29, 0.717) is 12.5 Å². The van der Waals surface area contributed by atoms with Gasteiger partial charge in [0.1, 0.15) is 11.5 Å². The molecule has 0 aromatic heterocycles. The molecule has 1 aromatic rings. The summed E-state index contributed by atoms with van der Waals surface area (Å²) in [6, 6.07) is 6.21. The molecule has 0 spiro atoms. The second kappa shape index (κ2) is 7.31. The Morgan fingerprint density at radius 3 is 2.86 bits per heavy atom. The van der Waals surface area contributed by atoms with Crippen LogP contribution in [0.2, 0.25) is 0 Å². The predicted octanol–water partition coefficient (Wildman–Crippen LogP) is 2.71. The predicted molar refractivity (Wildman–Crippen MR) is 80.0 cm³/mol. The molecular formula is C16H23NO4. The van der Waals surface area contributed by atoms with Crippen LogP contribution in [0.15, 0.2) is 18.2 Å². The van der Waals surface area contributed by atoms with E-state index in [1.54, 1.807) is 14.2 Å². The summed E-state index contributed by atoms with van der Waals surface area (Å²) in [6.07, 6.45) is 3.12. The molecular weight excluding hydrogens is 270 g/mol. The Labute approximate surface area is 125 Å². The molecule has 0 radical (unpaired) electrons. The van der Waals surface area contributed by atoms with Gasteiger partial charge < -0.3 is 14.6 Å². The fourth-order valence-corrected chi connectivity index (χ4v) is 2.97. The van der Waals surface area contributed by atoms with Gasteiger partial charge in [0, 0.05) is 24.1 Å². The van der Waals surface area contributed by atoms with E-state index < -0.39 is 5.97 Å². The van der Waals surface area contributed by atoms with Crippen LogP contribution in [0, 0.1) is 0 Å². The van der Waals surface area contributed by atoms with E-state index in [1.165, 1.54) is 0 Å². The number of rotatable bonds is 7. The molecule has 1 heterocycles. The lowest BCUT2D eigenvalue weighted by molar-refractivity contribution is -0.137. The number of hydrogen-bond donors (Lipinski definition) is 1. The van der Waals surface area contributed by atoms with E-state index in [2.05, 4.69) is 11.0 Å². The van der Waals surface area contributed by atoms with Gasteiger partial charge in [0.2, 0.25) is 0 Å². The fourth-order valence-electron chi connectivity index (χ4n) is 2.97. The van der Waals surface area contributed by atoms with E-state index in [4.69, 9.17) is 14.6 Å². The van der Waals surface area contributed by atoms with Gasteiger partial charge in [-0.05, 0) is 38.4 Å². The van der Waals surface area contributed by atoms with Gasteiger partial charge in [-0.25, -0.2) is 0 Å². The number of benzene rings is 1. The molecule has 1 atom stereocenters. The van der Waals surface area contributed by atoms with Crippen LogP contribution in [0.5, 0.6) is 11.5 Å². The van der Waals surface area contributed by atoms with Gasteiger partial charge in [0.05, 0.1) is 14.2 Å². The van der Waals surface area contributed by atoms with Crippen molar-refractivity contribution in [2.75, 3.05) is 27.3 Å². The number of carbonyl (C=O) groups is 1. The highest BCUT2D eigenvalue weighted by Gasteiger charge is 2.28. The highest BCUT2D eigenvalue weighted by molar-refractivity contribution is 5.66. The third-order valence-electron chi connectivity index (χ3n) is 4.00. The average molecular weight is 293 g/mol. The maximum Gasteiger partial charge on any atom is 0.303 e. The highest BCUT2D eigenvalue weighted by atomic mass is 16.5.